The average molecular weight is 221 g/mol. The van der Waals surface area contributed by atoms with Crippen LogP contribution in [0.25, 0.3) is 0 Å². The molecule has 0 unspecified atom stereocenters. The minimum atomic E-state index is 0.465. The third-order valence-electron chi connectivity index (χ3n) is 3.82. The highest BCUT2D eigenvalue weighted by Gasteiger charge is 2.33. The lowest BCUT2D eigenvalue weighted by Crippen LogP contribution is -2.38. The van der Waals surface area contributed by atoms with Crippen molar-refractivity contribution in [1.82, 2.24) is 15.1 Å². The summed E-state index contributed by atoms with van der Waals surface area (Å²) in [6.45, 7) is 8.75. The molecule has 3 nitrogen and oxygen atoms in total. The second-order valence-electron chi connectivity index (χ2n) is 5.28. The number of hydrogen-bond acceptors (Lipinski definition) is 2. The molecule has 0 spiro atoms. The van der Waals surface area contributed by atoms with Gasteiger partial charge in [-0.3, -0.25) is 4.68 Å². The summed E-state index contributed by atoms with van der Waals surface area (Å²) in [5.41, 5.74) is 4.10. The van der Waals surface area contributed by atoms with Gasteiger partial charge in [0, 0.05) is 17.8 Å². The van der Waals surface area contributed by atoms with Gasteiger partial charge in [-0.15, -0.1) is 0 Å². The van der Waals surface area contributed by atoms with Gasteiger partial charge in [-0.25, -0.2) is 0 Å². The number of aryl methyl sites for hydroxylation is 1. The molecule has 2 rings (SSSR count). The fraction of sp³-hybridized carbons (Fsp3) is 0.769. The van der Waals surface area contributed by atoms with E-state index in [-0.39, 0.29) is 0 Å². The van der Waals surface area contributed by atoms with Crippen molar-refractivity contribution in [2.45, 2.75) is 58.5 Å². The third kappa shape index (κ3) is 1.77. The standard InChI is InChI=1S/C13H23N3/c1-8(2)16-10(4)13(9(3)15-16)11-6-12(7-11)14-5/h8,11-12,14H,6-7H2,1-5H3. The van der Waals surface area contributed by atoms with Crippen LogP contribution in [0.15, 0.2) is 0 Å². The Labute approximate surface area is 98.2 Å². The maximum absolute atomic E-state index is 4.66. The Bertz CT molecular complexity index is 373. The summed E-state index contributed by atoms with van der Waals surface area (Å²) in [7, 11) is 2.05. The van der Waals surface area contributed by atoms with Crippen molar-refractivity contribution in [1.29, 1.82) is 0 Å². The molecule has 1 aliphatic rings. The summed E-state index contributed by atoms with van der Waals surface area (Å²) in [4.78, 5) is 0. The number of nitrogens with zero attached hydrogens (tertiary/aromatic N) is 2. The molecule has 0 radical (unpaired) electrons. The van der Waals surface area contributed by atoms with E-state index in [0.29, 0.717) is 12.1 Å². The highest BCUT2D eigenvalue weighted by molar-refractivity contribution is 5.31. The molecule has 0 bridgehead atoms. The molecule has 1 N–H and O–H groups in total. The van der Waals surface area contributed by atoms with Crippen molar-refractivity contribution >= 4 is 0 Å². The van der Waals surface area contributed by atoms with Crippen molar-refractivity contribution in [3.63, 3.8) is 0 Å². The maximum Gasteiger partial charge on any atom is 0.0631 e. The van der Waals surface area contributed by atoms with Gasteiger partial charge in [0.1, 0.15) is 0 Å². The zero-order valence-electron chi connectivity index (χ0n) is 11.0. The molecular formula is C13H23N3. The topological polar surface area (TPSA) is 29.9 Å². The summed E-state index contributed by atoms with van der Waals surface area (Å²) >= 11 is 0. The van der Waals surface area contributed by atoms with Crippen LogP contribution in [0.1, 0.15) is 55.6 Å². The van der Waals surface area contributed by atoms with Gasteiger partial charge in [0.25, 0.3) is 0 Å². The van der Waals surface area contributed by atoms with Gasteiger partial charge in [0.05, 0.1) is 5.69 Å². The molecule has 1 aromatic heterocycles. The first-order chi connectivity index (χ1) is 7.54. The summed E-state index contributed by atoms with van der Waals surface area (Å²) < 4.78 is 2.16. The average Bonchev–Trinajstić information content (AvgIpc) is 2.43. The van der Waals surface area contributed by atoms with Gasteiger partial charge < -0.3 is 5.32 Å². The first kappa shape index (κ1) is 11.6. The lowest BCUT2D eigenvalue weighted by molar-refractivity contribution is 0.305. The van der Waals surface area contributed by atoms with Crippen LogP contribution in [0.4, 0.5) is 0 Å². The van der Waals surface area contributed by atoms with E-state index in [1.54, 1.807) is 0 Å². The Morgan fingerprint density at radius 1 is 1.31 bits per heavy atom. The van der Waals surface area contributed by atoms with Crippen LogP contribution in [0.5, 0.6) is 0 Å². The summed E-state index contributed by atoms with van der Waals surface area (Å²) in [5.74, 6) is 0.727. The molecule has 3 heteroatoms. The minimum absolute atomic E-state index is 0.465. The zero-order valence-corrected chi connectivity index (χ0v) is 11.0. The Balaban J connectivity index is 2.22. The lowest BCUT2D eigenvalue weighted by atomic mass is 9.75. The molecule has 1 aromatic rings. The van der Waals surface area contributed by atoms with Crippen molar-refractivity contribution in [2.75, 3.05) is 7.05 Å². The van der Waals surface area contributed by atoms with E-state index in [2.05, 4.69) is 49.8 Å². The van der Waals surface area contributed by atoms with Gasteiger partial charge in [-0.05, 0) is 59.1 Å². The predicted molar refractivity (Wildman–Crippen MR) is 66.9 cm³/mol. The first-order valence-electron chi connectivity index (χ1n) is 6.27. The Morgan fingerprint density at radius 3 is 2.38 bits per heavy atom. The van der Waals surface area contributed by atoms with E-state index in [9.17, 15) is 0 Å². The van der Waals surface area contributed by atoms with Crippen molar-refractivity contribution in [2.24, 2.45) is 0 Å². The molecule has 0 aliphatic heterocycles. The highest BCUT2D eigenvalue weighted by Crippen LogP contribution is 2.40. The van der Waals surface area contributed by atoms with Crippen LogP contribution in [0, 0.1) is 13.8 Å². The van der Waals surface area contributed by atoms with E-state index in [4.69, 9.17) is 0 Å². The van der Waals surface area contributed by atoms with Crippen LogP contribution >= 0.6 is 0 Å². The minimum Gasteiger partial charge on any atom is -0.317 e. The maximum atomic E-state index is 4.66. The van der Waals surface area contributed by atoms with Crippen LogP contribution in [0.2, 0.25) is 0 Å². The van der Waals surface area contributed by atoms with Gasteiger partial charge in [-0.1, -0.05) is 0 Å². The molecule has 1 saturated carbocycles. The number of rotatable bonds is 3. The number of hydrogen-bond donors (Lipinski definition) is 1. The highest BCUT2D eigenvalue weighted by atomic mass is 15.3. The van der Waals surface area contributed by atoms with Crippen molar-refractivity contribution in [3.8, 4) is 0 Å². The Morgan fingerprint density at radius 2 is 1.94 bits per heavy atom. The van der Waals surface area contributed by atoms with Crippen LogP contribution in [0.3, 0.4) is 0 Å². The van der Waals surface area contributed by atoms with Crippen LogP contribution in [-0.4, -0.2) is 22.9 Å². The molecule has 90 valence electrons. The smallest absolute Gasteiger partial charge is 0.0631 e. The summed E-state index contributed by atoms with van der Waals surface area (Å²) in [5, 5.41) is 8.00. The number of nitrogens with one attached hydrogen (secondary N) is 1. The molecule has 1 aliphatic carbocycles. The number of aromatic nitrogens is 2. The van der Waals surface area contributed by atoms with E-state index in [0.717, 1.165) is 5.92 Å². The van der Waals surface area contributed by atoms with E-state index < -0.39 is 0 Å². The van der Waals surface area contributed by atoms with Crippen LogP contribution < -0.4 is 5.32 Å². The quantitative estimate of drug-likeness (QED) is 0.850. The summed E-state index contributed by atoms with van der Waals surface area (Å²) in [6.07, 6.45) is 2.53. The fourth-order valence-electron chi connectivity index (χ4n) is 2.86. The summed E-state index contributed by atoms with van der Waals surface area (Å²) in [6, 6.07) is 1.18. The monoisotopic (exact) mass is 221 g/mol. The lowest BCUT2D eigenvalue weighted by Gasteiger charge is -2.35. The van der Waals surface area contributed by atoms with E-state index >= 15 is 0 Å². The largest absolute Gasteiger partial charge is 0.317 e. The molecule has 0 amide bonds. The van der Waals surface area contributed by atoms with Gasteiger partial charge >= 0.3 is 0 Å². The van der Waals surface area contributed by atoms with Crippen LogP contribution in [-0.2, 0) is 0 Å². The molecule has 1 fully saturated rings. The fourth-order valence-corrected chi connectivity index (χ4v) is 2.86. The predicted octanol–water partition coefficient (Wildman–Crippen LogP) is 2.55. The molecule has 0 aromatic carbocycles. The zero-order chi connectivity index (χ0) is 11.9. The molecule has 16 heavy (non-hydrogen) atoms. The normalized spacial score (nSPS) is 24.9. The van der Waals surface area contributed by atoms with Crippen molar-refractivity contribution in [3.05, 3.63) is 17.0 Å². The van der Waals surface area contributed by atoms with Gasteiger partial charge in [0.15, 0.2) is 0 Å². The van der Waals surface area contributed by atoms with Gasteiger partial charge in [-0.2, -0.15) is 5.10 Å². The van der Waals surface area contributed by atoms with E-state index in [1.165, 1.54) is 29.8 Å². The molecular weight excluding hydrogens is 198 g/mol. The van der Waals surface area contributed by atoms with Gasteiger partial charge in [0.2, 0.25) is 0 Å². The molecule has 0 saturated heterocycles. The molecule has 0 atom stereocenters. The van der Waals surface area contributed by atoms with E-state index in [1.807, 2.05) is 0 Å². The second-order valence-corrected chi connectivity index (χ2v) is 5.28. The SMILES string of the molecule is CNC1CC(c2c(C)nn(C(C)C)c2C)C1. The Kier molecular flexibility index (Phi) is 3.06. The Hall–Kier alpha value is -0.830. The third-order valence-corrected chi connectivity index (χ3v) is 3.82. The molecule has 1 heterocycles. The van der Waals surface area contributed by atoms with Crippen molar-refractivity contribution < 1.29 is 0 Å². The second kappa shape index (κ2) is 4.21. The first-order valence-corrected chi connectivity index (χ1v) is 6.27.